The van der Waals surface area contributed by atoms with Crippen molar-refractivity contribution in [2.24, 2.45) is 0 Å². The van der Waals surface area contributed by atoms with Crippen LogP contribution in [0.15, 0.2) is 91.0 Å². The van der Waals surface area contributed by atoms with Gasteiger partial charge in [-0.1, -0.05) is 91.0 Å². The molecule has 9 heteroatoms. The molecule has 33 heavy (non-hydrogen) atoms. The van der Waals surface area contributed by atoms with Gasteiger partial charge in [0, 0.05) is 5.92 Å². The second-order valence-electron chi connectivity index (χ2n) is 7.12. The van der Waals surface area contributed by atoms with Gasteiger partial charge in [-0.25, -0.2) is 8.42 Å². The van der Waals surface area contributed by atoms with Crippen LogP contribution in [0.4, 0.5) is 8.78 Å². The number of esters is 1. The van der Waals surface area contributed by atoms with Crippen LogP contribution in [0.2, 0.25) is 0 Å². The first-order chi connectivity index (χ1) is 15.2. The average molecular weight is 482 g/mol. The molecule has 0 radical (unpaired) electrons. The Hall–Kier alpha value is -2.10. The van der Waals surface area contributed by atoms with Crippen molar-refractivity contribution in [3.63, 3.8) is 0 Å². The molecule has 0 spiro atoms. The maximum atomic E-state index is 15.9. The molecule has 0 aromatic heterocycles. The molecular weight excluding hydrogens is 461 g/mol. The van der Waals surface area contributed by atoms with Crippen LogP contribution in [-0.4, -0.2) is 30.8 Å². The van der Waals surface area contributed by atoms with Crippen molar-refractivity contribution < 1.29 is 60.8 Å². The molecule has 3 rings (SSSR count). The van der Waals surface area contributed by atoms with Crippen LogP contribution in [0, 0.1) is 0 Å². The summed E-state index contributed by atoms with van der Waals surface area (Å²) in [5.41, 5.74) is -3.09. The smallest absolute Gasteiger partial charge is 0.743 e. The van der Waals surface area contributed by atoms with Gasteiger partial charge < -0.3 is 9.29 Å². The van der Waals surface area contributed by atoms with Gasteiger partial charge in [0.25, 0.3) is 0 Å². The predicted molar refractivity (Wildman–Crippen MR) is 114 cm³/mol. The molecule has 0 saturated heterocycles. The number of hydrogen-bond donors (Lipinski definition) is 0. The van der Waals surface area contributed by atoms with Gasteiger partial charge >= 0.3 is 40.8 Å². The molecule has 0 saturated carbocycles. The van der Waals surface area contributed by atoms with Gasteiger partial charge in [0.05, 0.1) is 6.61 Å². The Labute approximate surface area is 213 Å². The van der Waals surface area contributed by atoms with Gasteiger partial charge in [-0.15, -0.1) is 0 Å². The first-order valence-corrected chi connectivity index (χ1v) is 11.2. The summed E-state index contributed by atoms with van der Waals surface area (Å²) >= 11 is 0. The third-order valence-electron chi connectivity index (χ3n) is 5.30. The Balaban J connectivity index is 0.00000385. The van der Waals surface area contributed by atoms with Gasteiger partial charge in [0.2, 0.25) is 0 Å². The van der Waals surface area contributed by atoms with Crippen LogP contribution in [0.25, 0.3) is 0 Å². The fraction of sp³-hybridized carbons (Fsp3) is 0.208. The Morgan fingerprint density at radius 2 is 1.27 bits per heavy atom. The topological polar surface area (TPSA) is 83.5 Å². The van der Waals surface area contributed by atoms with E-state index in [0.717, 1.165) is 0 Å². The molecule has 168 valence electrons. The summed E-state index contributed by atoms with van der Waals surface area (Å²) in [4.78, 5) is 13.4. The second-order valence-corrected chi connectivity index (χ2v) is 8.54. The number of benzene rings is 3. The van der Waals surface area contributed by atoms with Gasteiger partial charge in [0.15, 0.2) is 15.5 Å². The van der Waals surface area contributed by atoms with Crippen LogP contribution in [-0.2, 0) is 25.1 Å². The van der Waals surface area contributed by atoms with E-state index in [1.54, 1.807) is 36.4 Å². The Morgan fingerprint density at radius 3 is 1.64 bits per heavy atom. The minimum Gasteiger partial charge on any atom is -0.743 e. The first-order valence-electron chi connectivity index (χ1n) is 9.83. The Kier molecular flexibility index (Phi) is 8.95. The molecule has 0 heterocycles. The van der Waals surface area contributed by atoms with E-state index in [-0.39, 0.29) is 52.9 Å². The summed E-state index contributed by atoms with van der Waals surface area (Å²) in [5, 5.41) is -5.05. The van der Waals surface area contributed by atoms with E-state index < -0.39 is 32.7 Å². The van der Waals surface area contributed by atoms with Gasteiger partial charge in [-0.2, -0.15) is 8.78 Å². The molecule has 0 fully saturated rings. The van der Waals surface area contributed by atoms with Crippen molar-refractivity contribution in [3.8, 4) is 0 Å². The van der Waals surface area contributed by atoms with E-state index in [4.69, 9.17) is 4.74 Å². The van der Waals surface area contributed by atoms with Crippen molar-refractivity contribution in [1.29, 1.82) is 0 Å². The van der Waals surface area contributed by atoms with Crippen LogP contribution in [0.3, 0.4) is 0 Å². The van der Waals surface area contributed by atoms with E-state index in [2.05, 4.69) is 0 Å². The van der Waals surface area contributed by atoms with E-state index in [1.165, 1.54) is 61.5 Å². The Bertz CT molecular complexity index is 1120. The summed E-state index contributed by atoms with van der Waals surface area (Å²) in [6.07, 6.45) is 0. The van der Waals surface area contributed by atoms with Crippen LogP contribution in [0.5, 0.6) is 0 Å². The van der Waals surface area contributed by atoms with Gasteiger partial charge in [-0.05, 0) is 23.6 Å². The van der Waals surface area contributed by atoms with Crippen molar-refractivity contribution in [1.82, 2.24) is 0 Å². The largest absolute Gasteiger partial charge is 1.00 e. The molecule has 0 aliphatic carbocycles. The SMILES string of the molecule is CCOC(=O)C(c1ccccc1)(C(c1ccccc1)c1ccccc1)C(F)(F)S(=O)(=O)[O-].[Na+]. The summed E-state index contributed by atoms with van der Waals surface area (Å²) < 4.78 is 73.0. The predicted octanol–water partition coefficient (Wildman–Crippen LogP) is 1.46. The summed E-state index contributed by atoms with van der Waals surface area (Å²) in [6.45, 7) is 1.12. The monoisotopic (exact) mass is 482 g/mol. The summed E-state index contributed by atoms with van der Waals surface area (Å²) in [6, 6.07) is 22.4. The zero-order valence-electron chi connectivity index (χ0n) is 18.2. The molecular formula is C24H21F2NaO5S. The molecule has 3 aromatic carbocycles. The Morgan fingerprint density at radius 1 is 0.879 bits per heavy atom. The third-order valence-corrected chi connectivity index (χ3v) is 6.25. The van der Waals surface area contributed by atoms with Crippen LogP contribution < -0.4 is 29.6 Å². The molecule has 0 aliphatic heterocycles. The number of carbonyl (C=O) groups excluding carboxylic acids is 1. The molecule has 1 unspecified atom stereocenters. The first kappa shape index (κ1) is 27.1. The summed E-state index contributed by atoms with van der Waals surface area (Å²) in [7, 11) is -6.32. The quantitative estimate of drug-likeness (QED) is 0.276. The van der Waals surface area contributed by atoms with Gasteiger partial charge in [-0.3, -0.25) is 4.79 Å². The van der Waals surface area contributed by atoms with Crippen molar-refractivity contribution in [2.45, 2.75) is 23.5 Å². The minimum absolute atomic E-state index is 0. The molecule has 1 atom stereocenters. The minimum atomic E-state index is -6.32. The van der Waals surface area contributed by atoms with E-state index in [1.807, 2.05) is 0 Å². The van der Waals surface area contributed by atoms with E-state index in [0.29, 0.717) is 0 Å². The van der Waals surface area contributed by atoms with Crippen molar-refractivity contribution in [2.75, 3.05) is 6.61 Å². The number of rotatable bonds is 8. The van der Waals surface area contributed by atoms with Crippen molar-refractivity contribution >= 4 is 16.1 Å². The maximum Gasteiger partial charge on any atom is 1.00 e. The third kappa shape index (κ3) is 4.90. The number of hydrogen-bond acceptors (Lipinski definition) is 5. The number of ether oxygens (including phenoxy) is 1. The summed E-state index contributed by atoms with van der Waals surface area (Å²) in [5.74, 6) is -3.06. The molecule has 0 aliphatic rings. The zero-order chi connectivity index (χ0) is 23.4. The normalized spacial score (nSPS) is 13.6. The zero-order valence-corrected chi connectivity index (χ0v) is 21.0. The second kappa shape index (κ2) is 10.9. The number of alkyl halides is 2. The van der Waals surface area contributed by atoms with Crippen LogP contribution >= 0.6 is 0 Å². The average Bonchev–Trinajstić information content (AvgIpc) is 2.78. The standard InChI is InChI=1S/C24H22F2O5S.Na/c1-2-31-22(27)23(20-16-10-5-11-17-20,24(25,26)32(28,29)30)21(18-12-6-3-7-13-18)19-14-8-4-9-15-19;/h3-17,21H,2H2,1H3,(H,28,29,30);/q;+1/p-1. The van der Waals surface area contributed by atoms with Crippen molar-refractivity contribution in [3.05, 3.63) is 108 Å². The number of halogens is 2. The van der Waals surface area contributed by atoms with E-state index >= 15 is 8.78 Å². The maximum absolute atomic E-state index is 15.9. The molecule has 0 amide bonds. The molecule has 0 N–H and O–H groups in total. The molecule has 5 nitrogen and oxygen atoms in total. The fourth-order valence-corrected chi connectivity index (χ4v) is 4.70. The van der Waals surface area contributed by atoms with Crippen LogP contribution in [0.1, 0.15) is 29.5 Å². The van der Waals surface area contributed by atoms with E-state index in [9.17, 15) is 17.8 Å². The molecule has 0 bridgehead atoms. The molecule has 3 aromatic rings. The van der Waals surface area contributed by atoms with Gasteiger partial charge in [0.1, 0.15) is 0 Å². The fourth-order valence-electron chi connectivity index (χ4n) is 3.98. The number of carbonyl (C=O) groups is 1.